The van der Waals surface area contributed by atoms with Crippen molar-refractivity contribution in [2.45, 2.75) is 43.2 Å². The summed E-state index contributed by atoms with van der Waals surface area (Å²) in [5.74, 6) is -7.73. The monoisotopic (exact) mass is 325 g/mol. The number of aliphatic hydroxyl groups excluding tert-OH is 4. The third kappa shape index (κ3) is 2.98. The molecule has 1 fully saturated rings. The summed E-state index contributed by atoms with van der Waals surface area (Å²) >= 11 is 0. The molecule has 0 aromatic heterocycles. The normalized spacial score (nSPS) is 38.3. The van der Waals surface area contributed by atoms with Gasteiger partial charge in [0.2, 0.25) is 0 Å². The van der Waals surface area contributed by atoms with Gasteiger partial charge in [-0.25, -0.2) is 10.1 Å². The number of carbonyl (C=O) groups is 2. The van der Waals surface area contributed by atoms with Gasteiger partial charge in [0.05, 0.1) is 18.8 Å². The third-order valence-electron chi connectivity index (χ3n) is 3.63. The predicted molar refractivity (Wildman–Crippen MR) is 66.2 cm³/mol. The van der Waals surface area contributed by atoms with Crippen molar-refractivity contribution in [1.82, 2.24) is 0 Å². The second-order valence-electron chi connectivity index (χ2n) is 5.04. The molecule has 0 amide bonds. The van der Waals surface area contributed by atoms with Gasteiger partial charge in [0, 0.05) is 0 Å². The highest BCUT2D eigenvalue weighted by molar-refractivity contribution is 5.88. The van der Waals surface area contributed by atoms with Crippen LogP contribution in [0.2, 0.25) is 0 Å². The maximum Gasteiger partial charge on any atom is 0.368 e. The van der Waals surface area contributed by atoms with Crippen molar-refractivity contribution in [3.8, 4) is 0 Å². The molecule has 1 aliphatic rings. The first-order valence-corrected chi connectivity index (χ1v) is 6.28. The number of carbonyl (C=O) groups excluding carboxylic acids is 1. The third-order valence-corrected chi connectivity index (χ3v) is 3.63. The number of carboxylic acids is 1. The first-order chi connectivity index (χ1) is 10.1. The van der Waals surface area contributed by atoms with E-state index in [0.717, 1.165) is 6.92 Å². The van der Waals surface area contributed by atoms with Crippen LogP contribution >= 0.6 is 0 Å². The Morgan fingerprint density at radius 2 is 1.95 bits per heavy atom. The van der Waals surface area contributed by atoms with E-state index in [-0.39, 0.29) is 0 Å². The van der Waals surface area contributed by atoms with E-state index in [1.807, 2.05) is 0 Å². The quantitative estimate of drug-likeness (QED) is 0.187. The van der Waals surface area contributed by atoms with Gasteiger partial charge < -0.3 is 36.0 Å². The molecular weight excluding hydrogens is 306 g/mol. The van der Waals surface area contributed by atoms with E-state index in [9.17, 15) is 30.0 Å². The van der Waals surface area contributed by atoms with Gasteiger partial charge in [-0.05, 0) is 6.92 Å². The fourth-order valence-corrected chi connectivity index (χ4v) is 2.43. The molecule has 0 bridgehead atoms. The molecule has 0 aromatic rings. The number of Topliss-reactive ketones (excluding diaryl/α,β-unsaturated/α-hetero) is 1. The first-order valence-electron chi connectivity index (χ1n) is 6.28. The van der Waals surface area contributed by atoms with Crippen LogP contribution in [-0.4, -0.2) is 85.4 Å². The average Bonchev–Trinajstić information content (AvgIpc) is 2.47. The van der Waals surface area contributed by atoms with Crippen molar-refractivity contribution in [1.29, 1.82) is 0 Å². The molecule has 8 N–H and O–H groups in total. The predicted octanol–water partition coefficient (Wildman–Crippen LogP) is -3.74. The zero-order valence-corrected chi connectivity index (χ0v) is 11.6. The van der Waals surface area contributed by atoms with E-state index in [4.69, 9.17) is 20.8 Å². The van der Waals surface area contributed by atoms with E-state index in [1.54, 1.807) is 0 Å². The second kappa shape index (κ2) is 6.93. The molecule has 0 aromatic carbocycles. The Morgan fingerprint density at radius 3 is 2.32 bits per heavy atom. The van der Waals surface area contributed by atoms with Gasteiger partial charge in [0.25, 0.3) is 0 Å². The molecule has 11 heteroatoms. The van der Waals surface area contributed by atoms with Gasteiger partial charge in [0.1, 0.15) is 30.0 Å². The minimum Gasteiger partial charge on any atom is -0.477 e. The molecule has 1 aliphatic heterocycles. The number of hydrogen-bond acceptors (Lipinski definition) is 10. The summed E-state index contributed by atoms with van der Waals surface area (Å²) in [6, 6.07) is -1.49. The fourth-order valence-electron chi connectivity index (χ4n) is 2.43. The van der Waals surface area contributed by atoms with Crippen LogP contribution in [0.1, 0.15) is 6.92 Å². The van der Waals surface area contributed by atoms with Crippen LogP contribution in [0.4, 0.5) is 0 Å². The Balaban J connectivity index is 3.29. The van der Waals surface area contributed by atoms with Crippen molar-refractivity contribution in [3.63, 3.8) is 0 Å². The highest BCUT2D eigenvalue weighted by atomic mass is 17.2. The minimum absolute atomic E-state index is 0.893. The highest BCUT2D eigenvalue weighted by Gasteiger charge is 2.63. The van der Waals surface area contributed by atoms with Gasteiger partial charge in [-0.15, -0.1) is 0 Å². The molecule has 0 aliphatic carbocycles. The van der Waals surface area contributed by atoms with E-state index in [1.165, 1.54) is 0 Å². The lowest BCUT2D eigenvalue weighted by Gasteiger charge is -2.47. The summed E-state index contributed by atoms with van der Waals surface area (Å²) in [6.07, 6.45) is -7.27. The van der Waals surface area contributed by atoms with Gasteiger partial charge >= 0.3 is 11.8 Å². The second-order valence-corrected chi connectivity index (χ2v) is 5.04. The van der Waals surface area contributed by atoms with E-state index >= 15 is 0 Å². The number of nitrogens with two attached hydrogens (primary N) is 1. The summed E-state index contributed by atoms with van der Waals surface area (Å²) in [7, 11) is 0. The molecule has 128 valence electrons. The molecule has 1 heterocycles. The van der Waals surface area contributed by atoms with Gasteiger partial charge in [-0.1, -0.05) is 0 Å². The zero-order chi connectivity index (χ0) is 17.2. The highest BCUT2D eigenvalue weighted by Crippen LogP contribution is 2.37. The molecule has 0 radical (unpaired) electrons. The van der Waals surface area contributed by atoms with Crippen molar-refractivity contribution in [3.05, 3.63) is 0 Å². The van der Waals surface area contributed by atoms with Crippen molar-refractivity contribution < 1.29 is 50.0 Å². The lowest BCUT2D eigenvalue weighted by Crippen LogP contribution is -2.71. The summed E-state index contributed by atoms with van der Waals surface area (Å²) in [5, 5.41) is 56.2. The lowest BCUT2D eigenvalue weighted by atomic mass is 9.79. The number of aliphatic carboxylic acids is 1. The van der Waals surface area contributed by atoms with Crippen LogP contribution < -0.4 is 5.73 Å². The number of ketones is 1. The molecule has 1 rings (SSSR count). The molecule has 11 nitrogen and oxygen atoms in total. The molecule has 0 saturated carbocycles. The van der Waals surface area contributed by atoms with Gasteiger partial charge in [-0.3, -0.25) is 4.79 Å². The van der Waals surface area contributed by atoms with Crippen molar-refractivity contribution in [2.75, 3.05) is 6.61 Å². The Bertz CT molecular complexity index is 431. The molecule has 4 unspecified atom stereocenters. The van der Waals surface area contributed by atoms with Crippen LogP contribution in [0.3, 0.4) is 0 Å². The molecule has 1 saturated heterocycles. The van der Waals surface area contributed by atoms with Crippen LogP contribution in [0.25, 0.3) is 0 Å². The molecule has 22 heavy (non-hydrogen) atoms. The Labute approximate surface area is 124 Å². The van der Waals surface area contributed by atoms with Crippen LogP contribution in [-0.2, 0) is 19.2 Å². The number of aliphatic hydroxyl groups is 4. The van der Waals surface area contributed by atoms with Gasteiger partial charge in [-0.2, -0.15) is 4.89 Å². The number of rotatable bonds is 6. The zero-order valence-electron chi connectivity index (χ0n) is 11.6. The maximum atomic E-state index is 11.6. The topological polar surface area (TPSA) is 200 Å². The van der Waals surface area contributed by atoms with E-state index in [2.05, 4.69) is 4.89 Å². The summed E-state index contributed by atoms with van der Waals surface area (Å²) in [6.45, 7) is 0.0278. The molecular formula is C11H19NO10. The van der Waals surface area contributed by atoms with E-state index < -0.39 is 60.5 Å². The molecule has 7 atom stereocenters. The van der Waals surface area contributed by atoms with Crippen LogP contribution in [0.15, 0.2) is 0 Å². The van der Waals surface area contributed by atoms with Crippen LogP contribution in [0, 0.1) is 5.92 Å². The smallest absolute Gasteiger partial charge is 0.368 e. The van der Waals surface area contributed by atoms with E-state index in [0.29, 0.717) is 0 Å². The summed E-state index contributed by atoms with van der Waals surface area (Å²) in [5.41, 5.74) is 5.61. The Morgan fingerprint density at radius 1 is 1.41 bits per heavy atom. The standard InChI is InChI=1S/C11H19NO10/c1-3(14)5-8(17)6(12)9(7(16)4(15)2-13)21-11(5,22-20)10(18)19/h4-9,13,15-17,20H,2,12H2,1H3,(H,18,19)/t4?,5?,6-,7?,8+,9-,11?/m1/s1. The maximum absolute atomic E-state index is 11.6. The first kappa shape index (κ1) is 18.9. The number of hydrogen-bond donors (Lipinski definition) is 7. The number of carboxylic acid groups (broad SMARTS) is 1. The Kier molecular flexibility index (Phi) is 5.95. The van der Waals surface area contributed by atoms with Crippen molar-refractivity contribution >= 4 is 11.8 Å². The lowest BCUT2D eigenvalue weighted by molar-refractivity contribution is -0.432. The minimum atomic E-state index is -3.01. The summed E-state index contributed by atoms with van der Waals surface area (Å²) in [4.78, 5) is 26.8. The number of ether oxygens (including phenoxy) is 1. The molecule has 0 spiro atoms. The summed E-state index contributed by atoms with van der Waals surface area (Å²) < 4.78 is 4.93. The van der Waals surface area contributed by atoms with Gasteiger partial charge in [0.15, 0.2) is 0 Å². The SMILES string of the molecule is CC(=O)C1[C@H](O)[C@@H](N)[C@H](C(O)C(O)CO)OC1(OO)C(=O)O. The van der Waals surface area contributed by atoms with Crippen molar-refractivity contribution in [2.24, 2.45) is 11.7 Å². The Hall–Kier alpha value is -1.18. The average molecular weight is 325 g/mol. The fraction of sp³-hybridized carbons (Fsp3) is 0.818. The van der Waals surface area contributed by atoms with Crippen LogP contribution in [0.5, 0.6) is 0 Å². The largest absolute Gasteiger partial charge is 0.477 e.